The molecule has 0 spiro atoms. The molecule has 4 nitrogen and oxygen atoms in total. The van der Waals surface area contributed by atoms with Crippen molar-refractivity contribution >= 4 is 17.5 Å². The van der Waals surface area contributed by atoms with Crippen LogP contribution in [0.2, 0.25) is 0 Å². The zero-order valence-electron chi connectivity index (χ0n) is 16.7. The van der Waals surface area contributed by atoms with Gasteiger partial charge in [0.15, 0.2) is 0 Å². The lowest BCUT2D eigenvalue weighted by Gasteiger charge is -2.19. The molecule has 4 heteroatoms. The molecule has 1 unspecified atom stereocenters. The molecule has 146 valence electrons. The zero-order chi connectivity index (χ0) is 19.7. The molecule has 2 aliphatic rings. The molecule has 1 N–H and O–H groups in total. The number of hydrogen-bond acceptors (Lipinski definition) is 2. The van der Waals surface area contributed by atoms with Gasteiger partial charge in [-0.3, -0.25) is 9.59 Å². The van der Waals surface area contributed by atoms with E-state index in [0.717, 1.165) is 18.5 Å². The van der Waals surface area contributed by atoms with Crippen molar-refractivity contribution in [3.05, 3.63) is 65.2 Å². The Hall–Kier alpha value is -2.62. The van der Waals surface area contributed by atoms with Crippen molar-refractivity contribution in [1.29, 1.82) is 0 Å². The predicted octanol–water partition coefficient (Wildman–Crippen LogP) is 3.69. The Balaban J connectivity index is 1.34. The molecule has 1 heterocycles. The van der Waals surface area contributed by atoms with E-state index >= 15 is 0 Å². The quantitative estimate of drug-likeness (QED) is 0.865. The van der Waals surface area contributed by atoms with Gasteiger partial charge in [-0.2, -0.15) is 0 Å². The summed E-state index contributed by atoms with van der Waals surface area (Å²) in [7, 11) is 0. The third-order valence-corrected chi connectivity index (χ3v) is 6.04. The number of carbonyl (C=O) groups is 2. The van der Waals surface area contributed by atoms with Gasteiger partial charge in [-0.15, -0.1) is 0 Å². The van der Waals surface area contributed by atoms with Gasteiger partial charge in [0.05, 0.1) is 5.92 Å². The molecule has 2 amide bonds. The predicted molar refractivity (Wildman–Crippen MR) is 111 cm³/mol. The first-order chi connectivity index (χ1) is 13.5. The number of amides is 2. The summed E-state index contributed by atoms with van der Waals surface area (Å²) < 4.78 is 0. The molecular formula is C24H28N2O2. The van der Waals surface area contributed by atoms with Crippen molar-refractivity contribution in [2.24, 2.45) is 11.8 Å². The van der Waals surface area contributed by atoms with E-state index in [-0.39, 0.29) is 17.7 Å². The van der Waals surface area contributed by atoms with E-state index in [0.29, 0.717) is 31.3 Å². The number of benzene rings is 2. The summed E-state index contributed by atoms with van der Waals surface area (Å²) in [5.74, 6) is 0.643. The number of nitrogens with one attached hydrogen (secondary N) is 1. The highest BCUT2D eigenvalue weighted by atomic mass is 16.2. The fourth-order valence-corrected chi connectivity index (χ4v) is 4.37. The van der Waals surface area contributed by atoms with Crippen LogP contribution >= 0.6 is 0 Å². The largest absolute Gasteiger partial charge is 0.355 e. The molecular weight excluding hydrogens is 348 g/mol. The monoisotopic (exact) mass is 376 g/mol. The average molecular weight is 377 g/mol. The molecule has 0 saturated carbocycles. The van der Waals surface area contributed by atoms with E-state index in [4.69, 9.17) is 0 Å². The van der Waals surface area contributed by atoms with Crippen molar-refractivity contribution in [3.63, 3.8) is 0 Å². The van der Waals surface area contributed by atoms with Gasteiger partial charge in [-0.1, -0.05) is 50.2 Å². The van der Waals surface area contributed by atoms with Crippen LogP contribution in [-0.4, -0.2) is 24.9 Å². The van der Waals surface area contributed by atoms with E-state index in [1.54, 1.807) is 4.90 Å². The maximum Gasteiger partial charge on any atom is 0.227 e. The molecule has 2 aromatic carbocycles. The standard InChI is InChI=1S/C24H28N2O2/c1-16(2)18-8-5-9-22(12-18)26-15-21(13-23(26)27)24(28)25-14-17-10-19-6-3-4-7-20(19)11-17/h3-9,12,16-17,21H,10-11,13-15H2,1-2H3,(H,25,28). The Morgan fingerprint density at radius 1 is 1.07 bits per heavy atom. The summed E-state index contributed by atoms with van der Waals surface area (Å²) in [6.07, 6.45) is 2.34. The summed E-state index contributed by atoms with van der Waals surface area (Å²) in [5.41, 5.74) is 4.90. The zero-order valence-corrected chi connectivity index (χ0v) is 16.7. The number of nitrogens with zero attached hydrogens (tertiary/aromatic N) is 1. The fraction of sp³-hybridized carbons (Fsp3) is 0.417. The van der Waals surface area contributed by atoms with Crippen LogP contribution in [0.5, 0.6) is 0 Å². The van der Waals surface area contributed by atoms with Gasteiger partial charge in [0.25, 0.3) is 0 Å². The Morgan fingerprint density at radius 3 is 2.46 bits per heavy atom. The summed E-state index contributed by atoms with van der Waals surface area (Å²) in [6, 6.07) is 16.6. The minimum Gasteiger partial charge on any atom is -0.355 e. The average Bonchev–Trinajstić information content (AvgIpc) is 3.29. The molecule has 1 saturated heterocycles. The van der Waals surface area contributed by atoms with Crippen LogP contribution in [0.3, 0.4) is 0 Å². The van der Waals surface area contributed by atoms with Gasteiger partial charge in [-0.05, 0) is 53.5 Å². The lowest BCUT2D eigenvalue weighted by atomic mass is 10.0. The van der Waals surface area contributed by atoms with Crippen molar-refractivity contribution in [3.8, 4) is 0 Å². The van der Waals surface area contributed by atoms with Crippen molar-refractivity contribution in [2.75, 3.05) is 18.0 Å². The van der Waals surface area contributed by atoms with Crippen LogP contribution < -0.4 is 10.2 Å². The molecule has 0 aromatic heterocycles. The topological polar surface area (TPSA) is 49.4 Å². The summed E-state index contributed by atoms with van der Waals surface area (Å²) in [6.45, 7) is 5.43. The maximum absolute atomic E-state index is 12.7. The Morgan fingerprint density at radius 2 is 1.79 bits per heavy atom. The van der Waals surface area contributed by atoms with Crippen LogP contribution in [0.15, 0.2) is 48.5 Å². The molecule has 28 heavy (non-hydrogen) atoms. The third kappa shape index (κ3) is 3.82. The van der Waals surface area contributed by atoms with E-state index in [1.807, 2.05) is 12.1 Å². The minimum absolute atomic E-state index is 0.00632. The van der Waals surface area contributed by atoms with Crippen molar-refractivity contribution < 1.29 is 9.59 Å². The highest BCUT2D eigenvalue weighted by Gasteiger charge is 2.35. The first kappa shape index (κ1) is 18.7. The van der Waals surface area contributed by atoms with E-state index in [1.165, 1.54) is 16.7 Å². The first-order valence-corrected chi connectivity index (χ1v) is 10.3. The maximum atomic E-state index is 12.7. The first-order valence-electron chi connectivity index (χ1n) is 10.3. The molecule has 0 bridgehead atoms. The minimum atomic E-state index is -0.265. The highest BCUT2D eigenvalue weighted by molar-refractivity contribution is 6.00. The summed E-state index contributed by atoms with van der Waals surface area (Å²) >= 11 is 0. The number of carbonyl (C=O) groups excluding carboxylic acids is 2. The van der Waals surface area contributed by atoms with Crippen LogP contribution in [0.25, 0.3) is 0 Å². The molecule has 1 aliphatic carbocycles. The molecule has 4 rings (SSSR count). The van der Waals surface area contributed by atoms with E-state index in [2.05, 4.69) is 55.6 Å². The second-order valence-electron chi connectivity index (χ2n) is 8.44. The van der Waals surface area contributed by atoms with E-state index < -0.39 is 0 Å². The fourth-order valence-electron chi connectivity index (χ4n) is 4.37. The van der Waals surface area contributed by atoms with Crippen molar-refractivity contribution in [2.45, 2.75) is 39.0 Å². The lowest BCUT2D eigenvalue weighted by molar-refractivity contribution is -0.126. The second kappa shape index (κ2) is 7.78. The van der Waals surface area contributed by atoms with Gasteiger partial charge in [0.1, 0.15) is 0 Å². The summed E-state index contributed by atoms with van der Waals surface area (Å²) in [5, 5.41) is 3.11. The van der Waals surface area contributed by atoms with Gasteiger partial charge >= 0.3 is 0 Å². The van der Waals surface area contributed by atoms with Gasteiger partial charge < -0.3 is 10.2 Å². The molecule has 1 aliphatic heterocycles. The summed E-state index contributed by atoms with van der Waals surface area (Å²) in [4.78, 5) is 27.0. The lowest BCUT2D eigenvalue weighted by Crippen LogP contribution is -2.36. The van der Waals surface area contributed by atoms with Crippen molar-refractivity contribution in [1.82, 2.24) is 5.32 Å². The third-order valence-electron chi connectivity index (χ3n) is 6.04. The van der Waals surface area contributed by atoms with Crippen LogP contribution in [0.1, 0.15) is 42.9 Å². The molecule has 0 radical (unpaired) electrons. The number of fused-ring (bicyclic) bond motifs is 1. The smallest absolute Gasteiger partial charge is 0.227 e. The molecule has 1 fully saturated rings. The number of hydrogen-bond donors (Lipinski definition) is 1. The second-order valence-corrected chi connectivity index (χ2v) is 8.44. The van der Waals surface area contributed by atoms with Gasteiger partial charge in [0, 0.05) is 25.2 Å². The number of rotatable bonds is 5. The normalized spacial score (nSPS) is 19.3. The number of anilines is 1. The van der Waals surface area contributed by atoms with Crippen LogP contribution in [-0.2, 0) is 22.4 Å². The Kier molecular flexibility index (Phi) is 5.21. The molecule has 1 atom stereocenters. The SMILES string of the molecule is CC(C)c1cccc(N2CC(C(=O)NCC3Cc4ccccc4C3)CC2=O)c1. The Bertz CT molecular complexity index is 865. The van der Waals surface area contributed by atoms with E-state index in [9.17, 15) is 9.59 Å². The van der Waals surface area contributed by atoms with Gasteiger partial charge in [-0.25, -0.2) is 0 Å². The highest BCUT2D eigenvalue weighted by Crippen LogP contribution is 2.29. The van der Waals surface area contributed by atoms with Crippen LogP contribution in [0.4, 0.5) is 5.69 Å². The molecule has 2 aromatic rings. The Labute approximate surface area is 166 Å². The van der Waals surface area contributed by atoms with Crippen LogP contribution in [0, 0.1) is 11.8 Å². The van der Waals surface area contributed by atoms with Gasteiger partial charge in [0.2, 0.25) is 11.8 Å².